The van der Waals surface area contributed by atoms with Crippen molar-refractivity contribution in [3.8, 4) is 0 Å². The number of carbonyl (C=O) groups excluding carboxylic acids is 1. The molecule has 0 spiro atoms. The van der Waals surface area contributed by atoms with Gasteiger partial charge in [-0.2, -0.15) is 0 Å². The Morgan fingerprint density at radius 1 is 1.05 bits per heavy atom. The van der Waals surface area contributed by atoms with Gasteiger partial charge in [0.25, 0.3) is 5.91 Å². The Bertz CT molecular complexity index is 398. The molecule has 0 unspecified atom stereocenters. The molecule has 1 aromatic carbocycles. The summed E-state index contributed by atoms with van der Waals surface area (Å²) >= 11 is 1.75. The van der Waals surface area contributed by atoms with E-state index in [0.717, 1.165) is 55.0 Å². The fourth-order valence-electron chi connectivity index (χ4n) is 2.11. The maximum Gasteiger partial charge on any atom is 0.254 e. The standard InChI is InChI=1S/C17H27NOS/c1-4-7-13-18(14-8-5-2)17(19)15-11-9-10-12-16(15)20-6-3/h9-12H,4-8,13-14H2,1-3H3. The minimum atomic E-state index is 0.198. The molecule has 0 fully saturated rings. The van der Waals surface area contributed by atoms with E-state index in [1.54, 1.807) is 11.8 Å². The third kappa shape index (κ3) is 5.20. The van der Waals surface area contributed by atoms with E-state index >= 15 is 0 Å². The number of benzene rings is 1. The maximum atomic E-state index is 12.8. The number of nitrogens with zero attached hydrogens (tertiary/aromatic N) is 1. The maximum absolute atomic E-state index is 12.8. The van der Waals surface area contributed by atoms with E-state index in [1.165, 1.54) is 0 Å². The average Bonchev–Trinajstić information content (AvgIpc) is 2.48. The van der Waals surface area contributed by atoms with Crippen molar-refractivity contribution < 1.29 is 4.79 Å². The van der Waals surface area contributed by atoms with Crippen molar-refractivity contribution in [2.24, 2.45) is 0 Å². The van der Waals surface area contributed by atoms with Gasteiger partial charge in [0.1, 0.15) is 0 Å². The van der Waals surface area contributed by atoms with Crippen LogP contribution in [-0.2, 0) is 0 Å². The third-order valence-electron chi connectivity index (χ3n) is 3.27. The second-order valence-corrected chi connectivity index (χ2v) is 6.23. The number of amides is 1. The predicted octanol–water partition coefficient (Wildman–Crippen LogP) is 4.84. The highest BCUT2D eigenvalue weighted by atomic mass is 32.2. The Hall–Kier alpha value is -0.960. The molecule has 0 saturated carbocycles. The Morgan fingerprint density at radius 3 is 2.20 bits per heavy atom. The third-order valence-corrected chi connectivity index (χ3v) is 4.22. The van der Waals surface area contributed by atoms with Gasteiger partial charge in [0.05, 0.1) is 5.56 Å². The Balaban J connectivity index is 2.86. The SMILES string of the molecule is CCCCN(CCCC)C(=O)c1ccccc1SCC. The number of unbranched alkanes of at least 4 members (excludes halogenated alkanes) is 2. The summed E-state index contributed by atoms with van der Waals surface area (Å²) in [6.45, 7) is 8.21. The van der Waals surface area contributed by atoms with Crippen LogP contribution >= 0.6 is 11.8 Å². The molecule has 0 aliphatic carbocycles. The fraction of sp³-hybridized carbons (Fsp3) is 0.588. The van der Waals surface area contributed by atoms with Gasteiger partial charge in [0.15, 0.2) is 0 Å². The molecule has 1 aromatic rings. The minimum Gasteiger partial charge on any atom is -0.339 e. The lowest BCUT2D eigenvalue weighted by Gasteiger charge is -2.23. The van der Waals surface area contributed by atoms with Crippen molar-refractivity contribution >= 4 is 17.7 Å². The highest BCUT2D eigenvalue weighted by Crippen LogP contribution is 2.23. The smallest absolute Gasteiger partial charge is 0.254 e. The molecule has 0 aliphatic heterocycles. The summed E-state index contributed by atoms with van der Waals surface area (Å²) in [5, 5.41) is 0. The van der Waals surface area contributed by atoms with Crippen LogP contribution in [0, 0.1) is 0 Å². The molecule has 0 atom stereocenters. The second-order valence-electron chi connectivity index (χ2n) is 4.93. The summed E-state index contributed by atoms with van der Waals surface area (Å²) in [6, 6.07) is 7.99. The predicted molar refractivity (Wildman–Crippen MR) is 88.6 cm³/mol. The lowest BCUT2D eigenvalue weighted by atomic mass is 10.1. The zero-order valence-electron chi connectivity index (χ0n) is 13.0. The molecule has 20 heavy (non-hydrogen) atoms. The zero-order chi connectivity index (χ0) is 14.8. The molecule has 0 aromatic heterocycles. The van der Waals surface area contributed by atoms with E-state index in [2.05, 4.69) is 26.8 Å². The van der Waals surface area contributed by atoms with E-state index in [4.69, 9.17) is 0 Å². The van der Waals surface area contributed by atoms with Gasteiger partial charge >= 0.3 is 0 Å². The Kier molecular flexibility index (Phi) is 8.43. The molecule has 3 heteroatoms. The summed E-state index contributed by atoms with van der Waals surface area (Å²) in [6.07, 6.45) is 4.42. The molecule has 1 amide bonds. The van der Waals surface area contributed by atoms with Crippen LogP contribution in [0.5, 0.6) is 0 Å². The first-order valence-corrected chi connectivity index (χ1v) is 8.74. The average molecular weight is 293 g/mol. The molecule has 2 nitrogen and oxygen atoms in total. The van der Waals surface area contributed by atoms with Gasteiger partial charge in [-0.25, -0.2) is 0 Å². The topological polar surface area (TPSA) is 20.3 Å². The summed E-state index contributed by atoms with van der Waals surface area (Å²) in [5.74, 6) is 1.19. The second kappa shape index (κ2) is 9.87. The lowest BCUT2D eigenvalue weighted by molar-refractivity contribution is 0.0747. The van der Waals surface area contributed by atoms with Crippen molar-refractivity contribution in [1.29, 1.82) is 0 Å². The van der Waals surface area contributed by atoms with Gasteiger partial charge in [-0.15, -0.1) is 11.8 Å². The quantitative estimate of drug-likeness (QED) is 0.607. The van der Waals surface area contributed by atoms with Gasteiger partial charge in [-0.3, -0.25) is 4.79 Å². The van der Waals surface area contributed by atoms with Crippen LogP contribution in [0.15, 0.2) is 29.2 Å². The zero-order valence-corrected chi connectivity index (χ0v) is 13.8. The molecule has 0 N–H and O–H groups in total. The van der Waals surface area contributed by atoms with Crippen LogP contribution < -0.4 is 0 Å². The number of hydrogen-bond acceptors (Lipinski definition) is 2. The first-order valence-electron chi connectivity index (χ1n) is 7.75. The number of carbonyl (C=O) groups is 1. The van der Waals surface area contributed by atoms with Crippen LogP contribution in [0.2, 0.25) is 0 Å². The van der Waals surface area contributed by atoms with Crippen molar-refractivity contribution in [1.82, 2.24) is 4.90 Å². The van der Waals surface area contributed by atoms with Crippen molar-refractivity contribution in [3.05, 3.63) is 29.8 Å². The Morgan fingerprint density at radius 2 is 1.65 bits per heavy atom. The van der Waals surface area contributed by atoms with Gasteiger partial charge in [-0.1, -0.05) is 45.7 Å². The monoisotopic (exact) mass is 293 g/mol. The van der Waals surface area contributed by atoms with Gasteiger partial charge in [0, 0.05) is 18.0 Å². The van der Waals surface area contributed by atoms with Gasteiger partial charge in [0.2, 0.25) is 0 Å². The van der Waals surface area contributed by atoms with E-state index in [1.807, 2.05) is 23.1 Å². The highest BCUT2D eigenvalue weighted by Gasteiger charge is 2.17. The molecular formula is C17H27NOS. The van der Waals surface area contributed by atoms with E-state index in [0.29, 0.717) is 0 Å². The lowest BCUT2D eigenvalue weighted by Crippen LogP contribution is -2.33. The minimum absolute atomic E-state index is 0.198. The van der Waals surface area contributed by atoms with Crippen LogP contribution in [0.25, 0.3) is 0 Å². The van der Waals surface area contributed by atoms with Crippen molar-refractivity contribution in [2.45, 2.75) is 51.3 Å². The molecule has 0 aliphatic rings. The molecule has 0 radical (unpaired) electrons. The number of thioether (sulfide) groups is 1. The summed E-state index contributed by atoms with van der Waals surface area (Å²) in [7, 11) is 0. The van der Waals surface area contributed by atoms with E-state index < -0.39 is 0 Å². The molecule has 112 valence electrons. The first-order chi connectivity index (χ1) is 9.74. The van der Waals surface area contributed by atoms with Crippen LogP contribution in [0.3, 0.4) is 0 Å². The summed E-state index contributed by atoms with van der Waals surface area (Å²) < 4.78 is 0. The van der Waals surface area contributed by atoms with Crippen LogP contribution in [0.1, 0.15) is 56.8 Å². The molecule has 0 bridgehead atoms. The summed E-state index contributed by atoms with van der Waals surface area (Å²) in [4.78, 5) is 15.9. The first kappa shape index (κ1) is 17.1. The van der Waals surface area contributed by atoms with Crippen molar-refractivity contribution in [3.63, 3.8) is 0 Å². The van der Waals surface area contributed by atoms with Gasteiger partial charge < -0.3 is 4.90 Å². The van der Waals surface area contributed by atoms with Crippen molar-refractivity contribution in [2.75, 3.05) is 18.8 Å². The highest BCUT2D eigenvalue weighted by molar-refractivity contribution is 7.99. The number of rotatable bonds is 9. The summed E-state index contributed by atoms with van der Waals surface area (Å²) in [5.41, 5.74) is 0.867. The molecule has 0 heterocycles. The normalized spacial score (nSPS) is 10.6. The number of hydrogen-bond donors (Lipinski definition) is 0. The van der Waals surface area contributed by atoms with Crippen LogP contribution in [0.4, 0.5) is 0 Å². The molecular weight excluding hydrogens is 266 g/mol. The fourth-order valence-corrected chi connectivity index (χ4v) is 2.90. The largest absolute Gasteiger partial charge is 0.339 e. The van der Waals surface area contributed by atoms with E-state index in [-0.39, 0.29) is 5.91 Å². The Labute approximate surface area is 127 Å². The van der Waals surface area contributed by atoms with E-state index in [9.17, 15) is 4.79 Å². The molecule has 1 rings (SSSR count). The van der Waals surface area contributed by atoms with Crippen LogP contribution in [-0.4, -0.2) is 29.6 Å². The molecule has 0 saturated heterocycles. The van der Waals surface area contributed by atoms with Gasteiger partial charge in [-0.05, 0) is 30.7 Å².